The second kappa shape index (κ2) is 12.4. The first-order valence-electron chi connectivity index (χ1n) is 9.66. The summed E-state index contributed by atoms with van der Waals surface area (Å²) in [6, 6.07) is 14.0. The van der Waals surface area contributed by atoms with E-state index in [0.717, 1.165) is 10.4 Å². The van der Waals surface area contributed by atoms with Crippen LogP contribution >= 0.6 is 11.3 Å². The van der Waals surface area contributed by atoms with E-state index in [2.05, 4.69) is 19.1 Å². The molecular weight excluding hydrogens is 388 g/mol. The summed E-state index contributed by atoms with van der Waals surface area (Å²) in [6.45, 7) is 4.06. The number of aryl methyl sites for hydroxylation is 1. The van der Waals surface area contributed by atoms with Crippen molar-refractivity contribution >= 4 is 23.2 Å². The molecule has 0 fully saturated rings. The topological polar surface area (TPSA) is 59.1 Å². The van der Waals surface area contributed by atoms with E-state index in [0.29, 0.717) is 32.7 Å². The molecule has 0 aliphatic heterocycles. The molecule has 158 valence electrons. The highest BCUT2D eigenvalue weighted by Crippen LogP contribution is 2.19. The Kier molecular flexibility index (Phi) is 9.83. The van der Waals surface area contributed by atoms with Crippen molar-refractivity contribution in [2.45, 2.75) is 26.4 Å². The molecule has 7 heteroatoms. The summed E-state index contributed by atoms with van der Waals surface area (Å²) in [7, 11) is 3.10. The minimum Gasteiger partial charge on any atom is -0.385 e. The van der Waals surface area contributed by atoms with Crippen LogP contribution < -0.4 is 0 Å². The van der Waals surface area contributed by atoms with Gasteiger partial charge in [0.1, 0.15) is 6.61 Å². The van der Waals surface area contributed by atoms with Crippen LogP contribution in [-0.2, 0) is 32.2 Å². The molecule has 2 rings (SSSR count). The number of hydrogen-bond acceptors (Lipinski definition) is 5. The van der Waals surface area contributed by atoms with Gasteiger partial charge in [0.05, 0.1) is 13.1 Å². The standard InChI is InChI=1S/C22H30N2O4S/c1-18-10-11-20(29-18)15-24(14-19-8-5-4-6-9-19)21(25)16-23(12-7-13-27-2)22(26)17-28-3/h4-6,8-11H,7,12-17H2,1-3H3. The average molecular weight is 419 g/mol. The van der Waals surface area contributed by atoms with Crippen molar-refractivity contribution in [3.05, 3.63) is 57.8 Å². The van der Waals surface area contributed by atoms with E-state index in [1.165, 1.54) is 12.0 Å². The first-order chi connectivity index (χ1) is 14.0. The van der Waals surface area contributed by atoms with Gasteiger partial charge in [-0.1, -0.05) is 30.3 Å². The molecule has 1 heterocycles. The Morgan fingerprint density at radius 3 is 2.31 bits per heavy atom. The summed E-state index contributed by atoms with van der Waals surface area (Å²) in [6.07, 6.45) is 0.669. The van der Waals surface area contributed by atoms with Gasteiger partial charge in [-0.05, 0) is 31.0 Å². The van der Waals surface area contributed by atoms with E-state index in [9.17, 15) is 9.59 Å². The number of methoxy groups -OCH3 is 2. The van der Waals surface area contributed by atoms with Crippen LogP contribution in [-0.4, -0.2) is 62.1 Å². The van der Waals surface area contributed by atoms with E-state index in [4.69, 9.17) is 9.47 Å². The van der Waals surface area contributed by atoms with Crippen LogP contribution in [0.4, 0.5) is 0 Å². The molecule has 0 atom stereocenters. The quantitative estimate of drug-likeness (QED) is 0.497. The van der Waals surface area contributed by atoms with E-state index in [1.54, 1.807) is 23.3 Å². The maximum atomic E-state index is 13.2. The molecule has 6 nitrogen and oxygen atoms in total. The van der Waals surface area contributed by atoms with E-state index < -0.39 is 0 Å². The highest BCUT2D eigenvalue weighted by atomic mass is 32.1. The summed E-state index contributed by atoms with van der Waals surface area (Å²) < 4.78 is 10.1. The molecule has 0 saturated carbocycles. The molecule has 0 aliphatic rings. The molecule has 0 unspecified atom stereocenters. The van der Waals surface area contributed by atoms with Crippen LogP contribution in [0.25, 0.3) is 0 Å². The fraction of sp³-hybridized carbons (Fsp3) is 0.455. The van der Waals surface area contributed by atoms with Crippen molar-refractivity contribution in [1.29, 1.82) is 0 Å². The predicted octanol–water partition coefficient (Wildman–Crippen LogP) is 3.10. The van der Waals surface area contributed by atoms with Gasteiger partial charge in [0.25, 0.3) is 0 Å². The summed E-state index contributed by atoms with van der Waals surface area (Å²) in [5.74, 6) is -0.273. The number of ether oxygens (including phenoxy) is 2. The molecule has 0 N–H and O–H groups in total. The second-order valence-corrected chi connectivity index (χ2v) is 8.21. The number of thiophene rings is 1. The Labute approximate surface area is 177 Å². The monoisotopic (exact) mass is 418 g/mol. The van der Waals surface area contributed by atoms with Crippen LogP contribution in [0.3, 0.4) is 0 Å². The molecular formula is C22H30N2O4S. The summed E-state index contributed by atoms with van der Waals surface area (Å²) in [4.78, 5) is 31.3. The fourth-order valence-corrected chi connectivity index (χ4v) is 3.87. The third-order valence-electron chi connectivity index (χ3n) is 4.43. The molecule has 0 bridgehead atoms. The molecule has 2 aromatic rings. The largest absolute Gasteiger partial charge is 0.385 e. The number of rotatable bonds is 12. The van der Waals surface area contributed by atoms with Gasteiger partial charge in [0, 0.05) is 43.7 Å². The van der Waals surface area contributed by atoms with Crippen LogP contribution in [0, 0.1) is 6.92 Å². The SMILES string of the molecule is COCCCN(CC(=O)N(Cc1ccccc1)Cc1ccc(C)s1)C(=O)COC. The molecule has 1 aromatic carbocycles. The molecule has 29 heavy (non-hydrogen) atoms. The van der Waals surface area contributed by atoms with Gasteiger partial charge in [-0.15, -0.1) is 11.3 Å². The van der Waals surface area contributed by atoms with E-state index in [-0.39, 0.29) is 25.0 Å². The molecule has 1 aromatic heterocycles. The zero-order chi connectivity index (χ0) is 21.1. The van der Waals surface area contributed by atoms with Gasteiger partial charge >= 0.3 is 0 Å². The van der Waals surface area contributed by atoms with Crippen LogP contribution in [0.2, 0.25) is 0 Å². The first kappa shape index (κ1) is 23.1. The lowest BCUT2D eigenvalue weighted by Gasteiger charge is -2.27. The molecule has 0 radical (unpaired) electrons. The van der Waals surface area contributed by atoms with Crippen LogP contribution in [0.1, 0.15) is 21.7 Å². The molecule has 0 aliphatic carbocycles. The number of amides is 2. The smallest absolute Gasteiger partial charge is 0.249 e. The number of benzene rings is 1. The van der Waals surface area contributed by atoms with Crippen molar-refractivity contribution in [3.63, 3.8) is 0 Å². The van der Waals surface area contributed by atoms with Gasteiger partial charge in [-0.25, -0.2) is 0 Å². The van der Waals surface area contributed by atoms with Crippen molar-refractivity contribution in [1.82, 2.24) is 9.80 Å². The number of hydrogen-bond donors (Lipinski definition) is 0. The van der Waals surface area contributed by atoms with Crippen molar-refractivity contribution in [3.8, 4) is 0 Å². The molecule has 2 amide bonds. The number of carbonyl (C=O) groups excluding carboxylic acids is 2. The number of nitrogens with zero attached hydrogens (tertiary/aromatic N) is 2. The fourth-order valence-electron chi connectivity index (χ4n) is 2.96. The summed E-state index contributed by atoms with van der Waals surface area (Å²) in [5.41, 5.74) is 1.06. The molecule has 0 spiro atoms. The average Bonchev–Trinajstić information content (AvgIpc) is 3.12. The maximum Gasteiger partial charge on any atom is 0.249 e. The minimum atomic E-state index is -0.191. The van der Waals surface area contributed by atoms with Crippen molar-refractivity contribution < 1.29 is 19.1 Å². The Morgan fingerprint density at radius 2 is 1.69 bits per heavy atom. The zero-order valence-corrected chi connectivity index (χ0v) is 18.2. The van der Waals surface area contributed by atoms with E-state index >= 15 is 0 Å². The lowest BCUT2D eigenvalue weighted by Crippen LogP contribution is -2.44. The zero-order valence-electron chi connectivity index (χ0n) is 17.4. The second-order valence-electron chi connectivity index (χ2n) is 6.84. The Bertz CT molecular complexity index is 763. The third kappa shape index (κ3) is 7.97. The van der Waals surface area contributed by atoms with Crippen LogP contribution in [0.15, 0.2) is 42.5 Å². The van der Waals surface area contributed by atoms with Gasteiger partial charge < -0.3 is 19.3 Å². The van der Waals surface area contributed by atoms with E-state index in [1.807, 2.05) is 35.2 Å². The summed E-state index contributed by atoms with van der Waals surface area (Å²) in [5, 5.41) is 0. The van der Waals surface area contributed by atoms with Gasteiger partial charge in [-0.2, -0.15) is 0 Å². The lowest BCUT2D eigenvalue weighted by molar-refractivity contribution is -0.143. The molecule has 0 saturated heterocycles. The normalized spacial score (nSPS) is 10.7. The Balaban J connectivity index is 2.12. The highest BCUT2D eigenvalue weighted by Gasteiger charge is 2.22. The van der Waals surface area contributed by atoms with Crippen LogP contribution in [0.5, 0.6) is 0 Å². The predicted molar refractivity (Wildman–Crippen MR) is 115 cm³/mol. The van der Waals surface area contributed by atoms with Crippen molar-refractivity contribution in [2.75, 3.05) is 40.5 Å². The van der Waals surface area contributed by atoms with Crippen molar-refractivity contribution in [2.24, 2.45) is 0 Å². The lowest BCUT2D eigenvalue weighted by atomic mass is 10.2. The van der Waals surface area contributed by atoms with Gasteiger partial charge in [0.2, 0.25) is 11.8 Å². The first-order valence-corrected chi connectivity index (χ1v) is 10.5. The summed E-state index contributed by atoms with van der Waals surface area (Å²) >= 11 is 1.68. The number of carbonyl (C=O) groups is 2. The van der Waals surface area contributed by atoms with Gasteiger partial charge in [-0.3, -0.25) is 9.59 Å². The Hall–Kier alpha value is -2.22. The highest BCUT2D eigenvalue weighted by molar-refractivity contribution is 7.11. The minimum absolute atomic E-state index is 0.0309. The third-order valence-corrected chi connectivity index (χ3v) is 5.42. The van der Waals surface area contributed by atoms with Gasteiger partial charge in [0.15, 0.2) is 0 Å². The maximum absolute atomic E-state index is 13.2. The Morgan fingerprint density at radius 1 is 0.931 bits per heavy atom.